The fraction of sp³-hybridized carbons (Fsp3) is 0.520. The van der Waals surface area contributed by atoms with Crippen LogP contribution in [-0.2, 0) is 0 Å². The van der Waals surface area contributed by atoms with Gasteiger partial charge in [0.25, 0.3) is 0 Å². The largest absolute Gasteiger partial charge is 0.371 e. The Kier molecular flexibility index (Phi) is 4.52. The Labute approximate surface area is 178 Å². The second-order valence-electron chi connectivity index (χ2n) is 9.67. The van der Waals surface area contributed by atoms with Gasteiger partial charge in [0.15, 0.2) is 5.65 Å². The summed E-state index contributed by atoms with van der Waals surface area (Å²) < 4.78 is 1.98. The molecule has 3 aromatic rings. The molecule has 3 aliphatic rings. The highest BCUT2D eigenvalue weighted by atomic mass is 15.2. The van der Waals surface area contributed by atoms with E-state index in [0.717, 1.165) is 11.7 Å². The zero-order valence-electron chi connectivity index (χ0n) is 17.7. The van der Waals surface area contributed by atoms with Gasteiger partial charge in [-0.05, 0) is 92.4 Å². The van der Waals surface area contributed by atoms with Crippen molar-refractivity contribution >= 4 is 11.3 Å². The van der Waals surface area contributed by atoms with Crippen LogP contribution >= 0.6 is 0 Å². The predicted molar refractivity (Wildman–Crippen MR) is 121 cm³/mol. The summed E-state index contributed by atoms with van der Waals surface area (Å²) in [6.07, 6.45) is 13.8. The average molecular weight is 402 g/mol. The average Bonchev–Trinajstić information content (AvgIpc) is 3.23. The number of anilines is 1. The number of hydrogen-bond acceptors (Lipinski definition) is 4. The lowest BCUT2D eigenvalue weighted by Gasteiger charge is -2.50. The molecule has 0 amide bonds. The zero-order chi connectivity index (χ0) is 20.0. The van der Waals surface area contributed by atoms with Crippen LogP contribution in [-0.4, -0.2) is 51.7 Å². The lowest BCUT2D eigenvalue weighted by molar-refractivity contribution is 0.0306. The van der Waals surface area contributed by atoms with E-state index in [4.69, 9.17) is 0 Å². The fourth-order valence-corrected chi connectivity index (χ4v) is 5.72. The van der Waals surface area contributed by atoms with Crippen LogP contribution in [0, 0.1) is 5.41 Å². The molecule has 2 saturated heterocycles. The second kappa shape index (κ2) is 7.38. The Bertz CT molecular complexity index is 1000. The standard InChI is InChI=1S/C25H31N5/c1-2-22(3-1)28-14-10-25(11-15-28)12-16-29(17-13-25)23-7-4-20(5-8-23)21-6-9-24-27-26-19-30(24)18-21/h4-9,18-19,22H,1-3,10-17H2. The predicted octanol–water partition coefficient (Wildman–Crippen LogP) is 4.63. The third-order valence-electron chi connectivity index (χ3n) is 8.13. The number of pyridine rings is 1. The molecule has 4 heterocycles. The van der Waals surface area contributed by atoms with Crippen molar-refractivity contribution in [3.8, 4) is 11.1 Å². The zero-order valence-corrected chi connectivity index (χ0v) is 17.7. The first-order chi connectivity index (χ1) is 14.8. The van der Waals surface area contributed by atoms with Gasteiger partial charge in [0.2, 0.25) is 0 Å². The maximum absolute atomic E-state index is 4.09. The van der Waals surface area contributed by atoms with Crippen molar-refractivity contribution in [2.75, 3.05) is 31.1 Å². The molecule has 0 N–H and O–H groups in total. The third kappa shape index (κ3) is 3.29. The van der Waals surface area contributed by atoms with Crippen LogP contribution in [0.2, 0.25) is 0 Å². The SMILES string of the molecule is c1cc(N2CCC3(CC2)CCN(C2CCC2)CC3)ccc1-c1ccc2nncn2c1. The van der Waals surface area contributed by atoms with Crippen LogP contribution in [0.15, 0.2) is 48.9 Å². The molecule has 2 aromatic heterocycles. The molecule has 2 aliphatic heterocycles. The molecule has 30 heavy (non-hydrogen) atoms. The van der Waals surface area contributed by atoms with Crippen molar-refractivity contribution in [1.29, 1.82) is 0 Å². The Balaban J connectivity index is 1.09. The monoisotopic (exact) mass is 401 g/mol. The maximum Gasteiger partial charge on any atom is 0.160 e. The first-order valence-corrected chi connectivity index (χ1v) is 11.7. The van der Waals surface area contributed by atoms with Crippen LogP contribution in [0.3, 0.4) is 0 Å². The highest BCUT2D eigenvalue weighted by Gasteiger charge is 2.39. The van der Waals surface area contributed by atoms with E-state index in [1.54, 1.807) is 6.33 Å². The molecule has 6 rings (SSSR count). The topological polar surface area (TPSA) is 36.7 Å². The molecule has 0 bridgehead atoms. The summed E-state index contributed by atoms with van der Waals surface area (Å²) in [4.78, 5) is 5.38. The minimum absolute atomic E-state index is 0.616. The highest BCUT2D eigenvalue weighted by Crippen LogP contribution is 2.43. The van der Waals surface area contributed by atoms with Crippen molar-refractivity contribution < 1.29 is 0 Å². The molecule has 5 heteroatoms. The number of fused-ring (bicyclic) bond motifs is 1. The van der Waals surface area contributed by atoms with Gasteiger partial charge in [-0.3, -0.25) is 4.40 Å². The van der Waals surface area contributed by atoms with E-state index in [9.17, 15) is 0 Å². The van der Waals surface area contributed by atoms with Gasteiger partial charge in [-0.25, -0.2) is 0 Å². The number of benzene rings is 1. The number of nitrogens with zero attached hydrogens (tertiary/aromatic N) is 5. The number of likely N-dealkylation sites (tertiary alicyclic amines) is 1. The van der Waals surface area contributed by atoms with Gasteiger partial charge < -0.3 is 9.80 Å². The van der Waals surface area contributed by atoms with Crippen LogP contribution in [0.25, 0.3) is 16.8 Å². The van der Waals surface area contributed by atoms with E-state index in [0.29, 0.717) is 5.41 Å². The van der Waals surface area contributed by atoms with Crippen molar-refractivity contribution in [2.45, 2.75) is 51.0 Å². The molecule has 1 aliphatic carbocycles. The van der Waals surface area contributed by atoms with E-state index in [2.05, 4.69) is 56.5 Å². The van der Waals surface area contributed by atoms with Crippen molar-refractivity contribution in [1.82, 2.24) is 19.5 Å². The second-order valence-corrected chi connectivity index (χ2v) is 9.67. The van der Waals surface area contributed by atoms with Crippen LogP contribution < -0.4 is 4.90 Å². The molecule has 1 aromatic carbocycles. The summed E-state index contributed by atoms with van der Waals surface area (Å²) in [5, 5.41) is 8.06. The Morgan fingerprint density at radius 3 is 2.20 bits per heavy atom. The van der Waals surface area contributed by atoms with E-state index in [-0.39, 0.29) is 0 Å². The summed E-state index contributed by atoms with van der Waals surface area (Å²) in [6, 6.07) is 14.2. The summed E-state index contributed by atoms with van der Waals surface area (Å²) in [7, 11) is 0. The molecule has 156 valence electrons. The maximum atomic E-state index is 4.09. The van der Waals surface area contributed by atoms with Gasteiger partial charge in [-0.15, -0.1) is 10.2 Å². The van der Waals surface area contributed by atoms with Crippen molar-refractivity contribution in [3.63, 3.8) is 0 Å². The van der Waals surface area contributed by atoms with E-state index >= 15 is 0 Å². The lowest BCUT2D eigenvalue weighted by atomic mass is 9.70. The van der Waals surface area contributed by atoms with Crippen LogP contribution in [0.5, 0.6) is 0 Å². The van der Waals surface area contributed by atoms with E-state index < -0.39 is 0 Å². The van der Waals surface area contributed by atoms with Gasteiger partial charge in [0.1, 0.15) is 6.33 Å². The van der Waals surface area contributed by atoms with Gasteiger partial charge in [0, 0.05) is 31.0 Å². The Morgan fingerprint density at radius 1 is 0.800 bits per heavy atom. The smallest absolute Gasteiger partial charge is 0.160 e. The molecular formula is C25H31N5. The van der Waals surface area contributed by atoms with E-state index in [1.807, 2.05) is 10.5 Å². The molecule has 1 saturated carbocycles. The molecule has 0 radical (unpaired) electrons. The van der Waals surface area contributed by atoms with Crippen molar-refractivity contribution in [2.24, 2.45) is 5.41 Å². The normalized spacial score (nSPS) is 22.5. The Hall–Kier alpha value is -2.40. The molecule has 1 spiro atoms. The number of aromatic nitrogens is 3. The summed E-state index contributed by atoms with van der Waals surface area (Å²) >= 11 is 0. The van der Waals surface area contributed by atoms with Crippen molar-refractivity contribution in [3.05, 3.63) is 48.9 Å². The molecule has 0 unspecified atom stereocenters. The quantitative estimate of drug-likeness (QED) is 0.641. The third-order valence-corrected chi connectivity index (χ3v) is 8.13. The van der Waals surface area contributed by atoms with Gasteiger partial charge >= 0.3 is 0 Å². The minimum atomic E-state index is 0.616. The Morgan fingerprint density at radius 2 is 1.50 bits per heavy atom. The van der Waals surface area contributed by atoms with Crippen LogP contribution in [0.4, 0.5) is 5.69 Å². The summed E-state index contributed by atoms with van der Waals surface area (Å²) in [6.45, 7) is 5.09. The first kappa shape index (κ1) is 18.4. The molecular weight excluding hydrogens is 370 g/mol. The number of hydrogen-bond donors (Lipinski definition) is 0. The molecule has 0 atom stereocenters. The minimum Gasteiger partial charge on any atom is -0.371 e. The van der Waals surface area contributed by atoms with Gasteiger partial charge in [-0.2, -0.15) is 0 Å². The van der Waals surface area contributed by atoms with E-state index in [1.165, 1.54) is 87.9 Å². The molecule has 5 nitrogen and oxygen atoms in total. The fourth-order valence-electron chi connectivity index (χ4n) is 5.72. The number of piperidine rings is 2. The summed E-state index contributed by atoms with van der Waals surface area (Å²) in [5.74, 6) is 0. The summed E-state index contributed by atoms with van der Waals surface area (Å²) in [5.41, 5.74) is 5.31. The van der Waals surface area contributed by atoms with Crippen LogP contribution in [0.1, 0.15) is 44.9 Å². The lowest BCUT2D eigenvalue weighted by Crippen LogP contribution is -2.50. The van der Waals surface area contributed by atoms with Gasteiger partial charge in [-0.1, -0.05) is 18.6 Å². The highest BCUT2D eigenvalue weighted by molar-refractivity contribution is 5.67. The number of rotatable bonds is 3. The first-order valence-electron chi connectivity index (χ1n) is 11.7. The molecule has 3 fully saturated rings. The van der Waals surface area contributed by atoms with Gasteiger partial charge in [0.05, 0.1) is 0 Å².